The monoisotopic (exact) mass is 220 g/mol. The van der Waals surface area contributed by atoms with Crippen molar-refractivity contribution in [2.45, 2.75) is 38.8 Å². The van der Waals surface area contributed by atoms with Gasteiger partial charge in [0.25, 0.3) is 5.91 Å². The Labute approximate surface area is 94.7 Å². The summed E-state index contributed by atoms with van der Waals surface area (Å²) in [5.74, 6) is 0.469. The van der Waals surface area contributed by atoms with E-state index in [-0.39, 0.29) is 11.9 Å². The van der Waals surface area contributed by atoms with Gasteiger partial charge >= 0.3 is 0 Å². The summed E-state index contributed by atoms with van der Waals surface area (Å²) < 4.78 is 0. The summed E-state index contributed by atoms with van der Waals surface area (Å²) >= 11 is 0. The van der Waals surface area contributed by atoms with Crippen LogP contribution in [0.4, 0.5) is 5.95 Å². The van der Waals surface area contributed by atoms with Gasteiger partial charge in [-0.3, -0.25) is 4.79 Å². The van der Waals surface area contributed by atoms with Crippen LogP contribution in [0.25, 0.3) is 0 Å². The minimum atomic E-state index is -0.0846. The van der Waals surface area contributed by atoms with E-state index in [4.69, 9.17) is 0 Å². The van der Waals surface area contributed by atoms with Gasteiger partial charge in [-0.25, -0.2) is 9.97 Å². The normalized spacial score (nSPS) is 14.9. The zero-order valence-corrected chi connectivity index (χ0v) is 9.53. The molecule has 1 aliphatic carbocycles. The molecule has 1 aliphatic rings. The maximum atomic E-state index is 11.6. The summed E-state index contributed by atoms with van der Waals surface area (Å²) in [6.45, 7) is 4.02. The average molecular weight is 220 g/mol. The first kappa shape index (κ1) is 10.9. The maximum absolute atomic E-state index is 11.6. The van der Waals surface area contributed by atoms with Gasteiger partial charge in [-0.15, -0.1) is 0 Å². The van der Waals surface area contributed by atoms with Crippen LogP contribution in [0.2, 0.25) is 0 Å². The molecule has 16 heavy (non-hydrogen) atoms. The van der Waals surface area contributed by atoms with Crippen LogP contribution in [0.15, 0.2) is 12.4 Å². The molecule has 0 aliphatic heterocycles. The number of hydrogen-bond donors (Lipinski definition) is 2. The lowest BCUT2D eigenvalue weighted by atomic mass is 10.3. The van der Waals surface area contributed by atoms with Crippen LogP contribution in [-0.4, -0.2) is 28.0 Å². The number of hydrogen-bond acceptors (Lipinski definition) is 4. The number of nitrogens with one attached hydrogen (secondary N) is 2. The van der Waals surface area contributed by atoms with E-state index in [1.54, 1.807) is 12.4 Å². The fourth-order valence-electron chi connectivity index (χ4n) is 1.27. The van der Waals surface area contributed by atoms with Gasteiger partial charge < -0.3 is 10.6 Å². The van der Waals surface area contributed by atoms with E-state index >= 15 is 0 Å². The SMILES string of the molecule is CC(C)Nc1ncc(C(=O)NC2CC2)cn1. The fourth-order valence-corrected chi connectivity index (χ4v) is 1.27. The van der Waals surface area contributed by atoms with Gasteiger partial charge in [-0.2, -0.15) is 0 Å². The highest BCUT2D eigenvalue weighted by Gasteiger charge is 2.23. The third-order valence-corrected chi connectivity index (χ3v) is 2.24. The molecule has 0 saturated heterocycles. The Hall–Kier alpha value is -1.65. The molecular formula is C11H16N4O. The van der Waals surface area contributed by atoms with Crippen molar-refractivity contribution in [3.8, 4) is 0 Å². The van der Waals surface area contributed by atoms with Crippen molar-refractivity contribution in [2.75, 3.05) is 5.32 Å². The number of amides is 1. The lowest BCUT2D eigenvalue weighted by Gasteiger charge is -2.08. The third kappa shape index (κ3) is 2.92. The first-order valence-electron chi connectivity index (χ1n) is 5.54. The molecule has 1 fully saturated rings. The van der Waals surface area contributed by atoms with Gasteiger partial charge in [0.15, 0.2) is 0 Å². The van der Waals surface area contributed by atoms with Gasteiger partial charge in [0.2, 0.25) is 5.95 Å². The molecule has 2 rings (SSSR count). The number of nitrogens with zero attached hydrogens (tertiary/aromatic N) is 2. The van der Waals surface area contributed by atoms with Crippen LogP contribution in [0.3, 0.4) is 0 Å². The Morgan fingerprint density at radius 2 is 2.00 bits per heavy atom. The van der Waals surface area contributed by atoms with Crippen LogP contribution < -0.4 is 10.6 Å². The van der Waals surface area contributed by atoms with E-state index < -0.39 is 0 Å². The predicted molar refractivity (Wildman–Crippen MR) is 61.3 cm³/mol. The van der Waals surface area contributed by atoms with Crippen LogP contribution in [0.1, 0.15) is 37.0 Å². The van der Waals surface area contributed by atoms with E-state index in [2.05, 4.69) is 20.6 Å². The van der Waals surface area contributed by atoms with Gasteiger partial charge in [-0.05, 0) is 26.7 Å². The maximum Gasteiger partial charge on any atom is 0.254 e. The van der Waals surface area contributed by atoms with Gasteiger partial charge in [-0.1, -0.05) is 0 Å². The summed E-state index contributed by atoms with van der Waals surface area (Å²) in [6, 6.07) is 0.645. The van der Waals surface area contributed by atoms with Crippen molar-refractivity contribution < 1.29 is 4.79 Å². The number of carbonyl (C=O) groups is 1. The molecule has 0 aromatic carbocycles. The van der Waals surface area contributed by atoms with Gasteiger partial charge in [0.1, 0.15) is 0 Å². The van der Waals surface area contributed by atoms with Crippen LogP contribution >= 0.6 is 0 Å². The van der Waals surface area contributed by atoms with Crippen molar-refractivity contribution in [2.24, 2.45) is 0 Å². The fraction of sp³-hybridized carbons (Fsp3) is 0.545. The highest BCUT2D eigenvalue weighted by atomic mass is 16.1. The quantitative estimate of drug-likeness (QED) is 0.799. The molecule has 5 nitrogen and oxygen atoms in total. The minimum absolute atomic E-state index is 0.0846. The van der Waals surface area contributed by atoms with E-state index in [1.807, 2.05) is 13.8 Å². The Bertz CT molecular complexity index is 370. The van der Waals surface area contributed by atoms with E-state index in [1.165, 1.54) is 0 Å². The Morgan fingerprint density at radius 1 is 1.38 bits per heavy atom. The van der Waals surface area contributed by atoms with E-state index in [0.29, 0.717) is 17.6 Å². The van der Waals surface area contributed by atoms with E-state index in [0.717, 1.165) is 12.8 Å². The zero-order chi connectivity index (χ0) is 11.5. The lowest BCUT2D eigenvalue weighted by molar-refractivity contribution is 0.0950. The summed E-state index contributed by atoms with van der Waals surface area (Å²) in [6.07, 6.45) is 5.27. The molecular weight excluding hydrogens is 204 g/mol. The summed E-state index contributed by atoms with van der Waals surface area (Å²) in [5, 5.41) is 5.96. The first-order valence-corrected chi connectivity index (χ1v) is 5.54. The Morgan fingerprint density at radius 3 is 2.50 bits per heavy atom. The summed E-state index contributed by atoms with van der Waals surface area (Å²) in [4.78, 5) is 19.8. The molecule has 2 N–H and O–H groups in total. The van der Waals surface area contributed by atoms with Crippen molar-refractivity contribution in [1.82, 2.24) is 15.3 Å². The molecule has 0 radical (unpaired) electrons. The van der Waals surface area contributed by atoms with Crippen LogP contribution in [0.5, 0.6) is 0 Å². The van der Waals surface area contributed by atoms with Crippen LogP contribution in [-0.2, 0) is 0 Å². The molecule has 0 bridgehead atoms. The second-order valence-electron chi connectivity index (χ2n) is 4.34. The highest BCUT2D eigenvalue weighted by Crippen LogP contribution is 2.19. The van der Waals surface area contributed by atoms with Crippen LogP contribution in [0, 0.1) is 0 Å². The third-order valence-electron chi connectivity index (χ3n) is 2.24. The molecule has 1 aromatic heterocycles. The van der Waals surface area contributed by atoms with Crippen molar-refractivity contribution in [1.29, 1.82) is 0 Å². The molecule has 1 saturated carbocycles. The van der Waals surface area contributed by atoms with Gasteiger partial charge in [0, 0.05) is 24.5 Å². The second kappa shape index (κ2) is 4.47. The van der Waals surface area contributed by atoms with Crippen molar-refractivity contribution >= 4 is 11.9 Å². The first-order chi connectivity index (χ1) is 7.65. The molecule has 0 spiro atoms. The summed E-state index contributed by atoms with van der Waals surface area (Å²) in [7, 11) is 0. The number of aromatic nitrogens is 2. The lowest BCUT2D eigenvalue weighted by Crippen LogP contribution is -2.25. The van der Waals surface area contributed by atoms with Crippen molar-refractivity contribution in [3.05, 3.63) is 18.0 Å². The van der Waals surface area contributed by atoms with Gasteiger partial charge in [0.05, 0.1) is 5.56 Å². The Kier molecular flexibility index (Phi) is 3.03. The topological polar surface area (TPSA) is 66.9 Å². The smallest absolute Gasteiger partial charge is 0.254 e. The number of anilines is 1. The number of rotatable bonds is 4. The Balaban J connectivity index is 1.97. The molecule has 86 valence electrons. The highest BCUT2D eigenvalue weighted by molar-refractivity contribution is 5.94. The molecule has 1 amide bonds. The molecule has 0 unspecified atom stereocenters. The standard InChI is InChI=1S/C11H16N4O/c1-7(2)14-11-12-5-8(6-13-11)10(16)15-9-3-4-9/h5-7,9H,3-4H2,1-2H3,(H,15,16)(H,12,13,14). The minimum Gasteiger partial charge on any atom is -0.352 e. The number of carbonyl (C=O) groups excluding carboxylic acids is 1. The molecule has 1 heterocycles. The largest absolute Gasteiger partial charge is 0.352 e. The molecule has 1 aromatic rings. The van der Waals surface area contributed by atoms with E-state index in [9.17, 15) is 4.79 Å². The second-order valence-corrected chi connectivity index (χ2v) is 4.34. The predicted octanol–water partition coefficient (Wildman–Crippen LogP) is 1.19. The molecule has 5 heteroatoms. The average Bonchev–Trinajstić information content (AvgIpc) is 3.01. The molecule has 0 atom stereocenters. The summed E-state index contributed by atoms with van der Waals surface area (Å²) in [5.41, 5.74) is 0.515. The van der Waals surface area contributed by atoms with Crippen molar-refractivity contribution in [3.63, 3.8) is 0 Å². The zero-order valence-electron chi connectivity index (χ0n) is 9.53.